The zero-order valence-corrected chi connectivity index (χ0v) is 13.1. The van der Waals surface area contributed by atoms with E-state index in [1.54, 1.807) is 24.4 Å². The van der Waals surface area contributed by atoms with E-state index in [1.807, 2.05) is 12.1 Å². The normalized spacial score (nSPS) is 19.2. The lowest BCUT2D eigenvalue weighted by Crippen LogP contribution is -2.46. The molecule has 0 aliphatic carbocycles. The van der Waals surface area contributed by atoms with Crippen molar-refractivity contribution in [2.75, 3.05) is 5.32 Å². The summed E-state index contributed by atoms with van der Waals surface area (Å²) in [6, 6.07) is 7.18. The van der Waals surface area contributed by atoms with Crippen LogP contribution in [0.15, 0.2) is 29.6 Å². The van der Waals surface area contributed by atoms with Gasteiger partial charge in [-0.2, -0.15) is 0 Å². The molecule has 7 nitrogen and oxygen atoms in total. The number of thiazole rings is 1. The second kappa shape index (κ2) is 6.25. The summed E-state index contributed by atoms with van der Waals surface area (Å²) in [6.45, 7) is 1.76. The predicted molar refractivity (Wildman–Crippen MR) is 84.6 cm³/mol. The van der Waals surface area contributed by atoms with E-state index in [4.69, 9.17) is 15.2 Å². The van der Waals surface area contributed by atoms with Gasteiger partial charge in [0.05, 0.1) is 12.1 Å². The van der Waals surface area contributed by atoms with Crippen molar-refractivity contribution in [1.29, 1.82) is 0 Å². The first-order valence-electron chi connectivity index (χ1n) is 6.99. The summed E-state index contributed by atoms with van der Waals surface area (Å²) >= 11 is 1.22. The molecule has 23 heavy (non-hydrogen) atoms. The summed E-state index contributed by atoms with van der Waals surface area (Å²) in [4.78, 5) is 27.4. The van der Waals surface area contributed by atoms with Crippen molar-refractivity contribution >= 4 is 28.3 Å². The quantitative estimate of drug-likeness (QED) is 0.879. The number of hydrogen-bond donors (Lipinski definition) is 2. The molecule has 1 aliphatic heterocycles. The van der Waals surface area contributed by atoms with Gasteiger partial charge in [-0.05, 0) is 19.1 Å². The lowest BCUT2D eigenvalue weighted by atomic mass is 10.1. The number of nitrogens with two attached hydrogens (primary N) is 1. The molecule has 2 atom stereocenters. The topological polar surface area (TPSA) is 104 Å². The number of amides is 2. The molecule has 0 fully saturated rings. The molecule has 120 valence electrons. The Bertz CT molecular complexity index is 746. The van der Waals surface area contributed by atoms with Crippen LogP contribution in [0.5, 0.6) is 11.5 Å². The molecule has 2 heterocycles. The Labute approximate surface area is 136 Å². The highest BCUT2D eigenvalue weighted by Crippen LogP contribution is 2.33. The third-order valence-corrected chi connectivity index (χ3v) is 4.04. The predicted octanol–water partition coefficient (Wildman–Crippen LogP) is 1.34. The SMILES string of the molecule is C[C@@H]1Oc2ccccc2O[C@@H]1C(=O)Nc1nc(CC(N)=O)cs1. The number of nitrogens with one attached hydrogen (secondary N) is 1. The molecule has 0 unspecified atom stereocenters. The van der Waals surface area contributed by atoms with Crippen molar-refractivity contribution in [3.8, 4) is 11.5 Å². The average molecular weight is 333 g/mol. The van der Waals surface area contributed by atoms with Gasteiger partial charge in [0.1, 0.15) is 6.10 Å². The molecule has 3 N–H and O–H groups in total. The standard InChI is InChI=1S/C15H15N3O4S/c1-8-13(22-11-5-3-2-4-10(11)21-8)14(20)18-15-17-9(7-23-15)6-12(16)19/h2-5,7-8,13H,6H2,1H3,(H2,16,19)(H,17,18,20)/t8-,13-/m0/s1. The van der Waals surface area contributed by atoms with E-state index in [0.717, 1.165) is 0 Å². The van der Waals surface area contributed by atoms with Gasteiger partial charge in [-0.15, -0.1) is 11.3 Å². The number of carbonyl (C=O) groups excluding carboxylic acids is 2. The number of primary amides is 1. The van der Waals surface area contributed by atoms with Crippen molar-refractivity contribution in [2.45, 2.75) is 25.6 Å². The van der Waals surface area contributed by atoms with Crippen molar-refractivity contribution < 1.29 is 19.1 Å². The van der Waals surface area contributed by atoms with Crippen LogP contribution in [-0.2, 0) is 16.0 Å². The monoisotopic (exact) mass is 333 g/mol. The minimum atomic E-state index is -0.784. The van der Waals surface area contributed by atoms with E-state index < -0.39 is 18.1 Å². The maximum Gasteiger partial charge on any atom is 0.271 e. The largest absolute Gasteiger partial charge is 0.482 e. The fourth-order valence-corrected chi connectivity index (χ4v) is 2.92. The molecule has 0 saturated carbocycles. The van der Waals surface area contributed by atoms with Crippen molar-refractivity contribution in [3.63, 3.8) is 0 Å². The number of hydrogen-bond acceptors (Lipinski definition) is 6. The van der Waals surface area contributed by atoms with Gasteiger partial charge in [0.2, 0.25) is 12.0 Å². The molecule has 0 spiro atoms. The molecular formula is C15H15N3O4S. The maximum absolute atomic E-state index is 12.4. The van der Waals surface area contributed by atoms with E-state index in [1.165, 1.54) is 11.3 Å². The smallest absolute Gasteiger partial charge is 0.271 e. The molecule has 2 aromatic rings. The summed E-state index contributed by atoms with van der Waals surface area (Å²) in [5, 5.41) is 4.75. The van der Waals surface area contributed by atoms with E-state index in [2.05, 4.69) is 10.3 Å². The third kappa shape index (κ3) is 3.42. The van der Waals surface area contributed by atoms with Crippen LogP contribution in [0.4, 0.5) is 5.13 Å². The van der Waals surface area contributed by atoms with E-state index in [9.17, 15) is 9.59 Å². The summed E-state index contributed by atoms with van der Waals surface area (Å²) in [5.41, 5.74) is 5.64. The van der Waals surface area contributed by atoms with E-state index in [-0.39, 0.29) is 12.3 Å². The number of fused-ring (bicyclic) bond motifs is 1. The van der Waals surface area contributed by atoms with Gasteiger partial charge in [0, 0.05) is 5.38 Å². The Morgan fingerprint density at radius 2 is 2.00 bits per heavy atom. The second-order valence-electron chi connectivity index (χ2n) is 5.08. The molecule has 0 bridgehead atoms. The zero-order chi connectivity index (χ0) is 16.4. The highest BCUT2D eigenvalue weighted by molar-refractivity contribution is 7.13. The summed E-state index contributed by atoms with van der Waals surface area (Å²) in [5.74, 6) is 0.316. The first kappa shape index (κ1) is 15.3. The van der Waals surface area contributed by atoms with Gasteiger partial charge < -0.3 is 15.2 Å². The average Bonchev–Trinajstić information content (AvgIpc) is 2.92. The van der Waals surface area contributed by atoms with Crippen LogP contribution in [0.3, 0.4) is 0 Å². The Kier molecular flexibility index (Phi) is 4.16. The number of aromatic nitrogens is 1. The van der Waals surface area contributed by atoms with E-state index >= 15 is 0 Å². The van der Waals surface area contributed by atoms with Gasteiger partial charge in [0.15, 0.2) is 16.6 Å². The molecule has 1 aromatic heterocycles. The van der Waals surface area contributed by atoms with Gasteiger partial charge in [-0.1, -0.05) is 12.1 Å². The lowest BCUT2D eigenvalue weighted by Gasteiger charge is -2.30. The van der Waals surface area contributed by atoms with Crippen LogP contribution in [0.25, 0.3) is 0 Å². The molecular weight excluding hydrogens is 318 g/mol. The molecule has 3 rings (SSSR count). The zero-order valence-electron chi connectivity index (χ0n) is 12.3. The molecule has 0 saturated heterocycles. The van der Waals surface area contributed by atoms with Crippen LogP contribution in [0, 0.1) is 0 Å². The number of para-hydroxylation sites is 2. The third-order valence-electron chi connectivity index (χ3n) is 3.24. The van der Waals surface area contributed by atoms with Crippen molar-refractivity contribution in [2.24, 2.45) is 5.73 Å². The fraction of sp³-hybridized carbons (Fsp3) is 0.267. The van der Waals surface area contributed by atoms with Gasteiger partial charge in [0.25, 0.3) is 5.91 Å². The highest BCUT2D eigenvalue weighted by atomic mass is 32.1. The maximum atomic E-state index is 12.4. The number of nitrogens with zero attached hydrogens (tertiary/aromatic N) is 1. The van der Waals surface area contributed by atoms with Gasteiger partial charge >= 0.3 is 0 Å². The molecule has 0 radical (unpaired) electrons. The Morgan fingerprint density at radius 3 is 2.70 bits per heavy atom. The molecule has 1 aromatic carbocycles. The van der Waals surface area contributed by atoms with Crippen molar-refractivity contribution in [3.05, 3.63) is 35.3 Å². The van der Waals surface area contributed by atoms with Gasteiger partial charge in [-0.25, -0.2) is 4.98 Å². The van der Waals surface area contributed by atoms with Crippen molar-refractivity contribution in [1.82, 2.24) is 4.98 Å². The highest BCUT2D eigenvalue weighted by Gasteiger charge is 2.34. The number of carbonyl (C=O) groups is 2. The van der Waals surface area contributed by atoms with Crippen LogP contribution >= 0.6 is 11.3 Å². The molecule has 2 amide bonds. The molecule has 8 heteroatoms. The minimum Gasteiger partial charge on any atom is -0.482 e. The summed E-state index contributed by atoms with van der Waals surface area (Å²) < 4.78 is 11.4. The Hall–Kier alpha value is -2.61. The second-order valence-corrected chi connectivity index (χ2v) is 5.94. The van der Waals surface area contributed by atoms with Crippen LogP contribution < -0.4 is 20.5 Å². The van der Waals surface area contributed by atoms with Crippen LogP contribution in [0.1, 0.15) is 12.6 Å². The number of rotatable bonds is 4. The Balaban J connectivity index is 1.69. The fourth-order valence-electron chi connectivity index (χ4n) is 2.21. The first-order valence-corrected chi connectivity index (χ1v) is 7.87. The number of benzene rings is 1. The summed E-state index contributed by atoms with van der Waals surface area (Å²) in [7, 11) is 0. The number of anilines is 1. The number of ether oxygens (including phenoxy) is 2. The van der Waals surface area contributed by atoms with Gasteiger partial charge in [-0.3, -0.25) is 14.9 Å². The lowest BCUT2D eigenvalue weighted by molar-refractivity contribution is -0.128. The first-order chi connectivity index (χ1) is 11.0. The van der Waals surface area contributed by atoms with E-state index in [0.29, 0.717) is 22.3 Å². The van der Waals surface area contributed by atoms with Crippen LogP contribution in [-0.4, -0.2) is 29.0 Å². The van der Waals surface area contributed by atoms with Crippen LogP contribution in [0.2, 0.25) is 0 Å². The molecule has 1 aliphatic rings. The summed E-state index contributed by atoms with van der Waals surface area (Å²) in [6.07, 6.45) is -1.18. The minimum absolute atomic E-state index is 0.0409. The Morgan fingerprint density at radius 1 is 1.30 bits per heavy atom.